The van der Waals surface area contributed by atoms with Gasteiger partial charge in [-0.05, 0) is 13.3 Å². The summed E-state index contributed by atoms with van der Waals surface area (Å²) < 4.78 is 0. The fourth-order valence-corrected chi connectivity index (χ4v) is 2.48. The topological polar surface area (TPSA) is 71.1 Å². The van der Waals surface area contributed by atoms with E-state index in [0.29, 0.717) is 18.8 Å². The summed E-state index contributed by atoms with van der Waals surface area (Å²) in [7, 11) is 0. The summed E-state index contributed by atoms with van der Waals surface area (Å²) in [6, 6.07) is 0.169. The van der Waals surface area contributed by atoms with Crippen LogP contribution in [0, 0.1) is 0 Å². The van der Waals surface area contributed by atoms with Crippen molar-refractivity contribution in [3.63, 3.8) is 0 Å². The SMILES string of the molecule is CCC(C)NC(=O)CCNC(=O)Cc1nc(CCl)cs1. The zero-order valence-electron chi connectivity index (χ0n) is 11.7. The second kappa shape index (κ2) is 8.92. The zero-order valence-corrected chi connectivity index (χ0v) is 13.3. The largest absolute Gasteiger partial charge is 0.355 e. The lowest BCUT2D eigenvalue weighted by atomic mass is 10.2. The molecule has 0 saturated heterocycles. The van der Waals surface area contributed by atoms with Crippen molar-refractivity contribution in [2.45, 2.75) is 45.0 Å². The molecular formula is C13H20ClN3O2S. The first-order valence-corrected chi connectivity index (χ1v) is 8.01. The monoisotopic (exact) mass is 317 g/mol. The minimum Gasteiger partial charge on any atom is -0.355 e. The summed E-state index contributed by atoms with van der Waals surface area (Å²) in [6.45, 7) is 4.30. The molecule has 0 aliphatic carbocycles. The molecule has 0 aliphatic heterocycles. The highest BCUT2D eigenvalue weighted by atomic mass is 35.5. The third-order valence-electron chi connectivity index (χ3n) is 2.74. The average Bonchev–Trinajstić information content (AvgIpc) is 2.86. The number of carbonyl (C=O) groups is 2. The fraction of sp³-hybridized carbons (Fsp3) is 0.615. The second-order valence-electron chi connectivity index (χ2n) is 4.52. The fourth-order valence-electron chi connectivity index (χ4n) is 1.46. The van der Waals surface area contributed by atoms with Crippen LogP contribution in [-0.2, 0) is 21.9 Å². The van der Waals surface area contributed by atoms with Crippen LogP contribution in [-0.4, -0.2) is 29.4 Å². The summed E-state index contributed by atoms with van der Waals surface area (Å²) in [5.41, 5.74) is 0.785. The van der Waals surface area contributed by atoms with Crippen molar-refractivity contribution in [2.24, 2.45) is 0 Å². The Balaban J connectivity index is 2.21. The number of hydrogen-bond donors (Lipinski definition) is 2. The molecule has 1 heterocycles. The molecule has 1 atom stereocenters. The Hall–Kier alpha value is -1.14. The van der Waals surface area contributed by atoms with Crippen molar-refractivity contribution in [1.29, 1.82) is 0 Å². The van der Waals surface area contributed by atoms with Crippen LogP contribution in [0.5, 0.6) is 0 Å². The maximum Gasteiger partial charge on any atom is 0.226 e. The first-order chi connectivity index (χ1) is 9.55. The Kier molecular flexibility index (Phi) is 7.54. The van der Waals surface area contributed by atoms with E-state index in [1.807, 2.05) is 19.2 Å². The number of thiazole rings is 1. The Labute approximate surface area is 128 Å². The molecule has 0 fully saturated rings. The number of carbonyl (C=O) groups excluding carboxylic acids is 2. The van der Waals surface area contributed by atoms with Crippen LogP contribution in [0.15, 0.2) is 5.38 Å². The highest BCUT2D eigenvalue weighted by Gasteiger charge is 2.09. The van der Waals surface area contributed by atoms with Crippen molar-refractivity contribution in [3.05, 3.63) is 16.1 Å². The lowest BCUT2D eigenvalue weighted by Gasteiger charge is -2.11. The molecule has 1 aromatic rings. The van der Waals surface area contributed by atoms with E-state index in [-0.39, 0.29) is 24.3 Å². The summed E-state index contributed by atoms with van der Waals surface area (Å²) in [5, 5.41) is 8.14. The van der Waals surface area contributed by atoms with Gasteiger partial charge in [0, 0.05) is 24.4 Å². The van der Waals surface area contributed by atoms with Crippen LogP contribution in [0.1, 0.15) is 37.4 Å². The number of alkyl halides is 1. The number of nitrogens with one attached hydrogen (secondary N) is 2. The third kappa shape index (κ3) is 6.34. The Bertz CT molecular complexity index is 451. The first-order valence-electron chi connectivity index (χ1n) is 6.60. The second-order valence-corrected chi connectivity index (χ2v) is 5.73. The molecule has 0 saturated carbocycles. The van der Waals surface area contributed by atoms with Gasteiger partial charge in [-0.15, -0.1) is 22.9 Å². The highest BCUT2D eigenvalue weighted by molar-refractivity contribution is 7.09. The van der Waals surface area contributed by atoms with Crippen LogP contribution in [0.3, 0.4) is 0 Å². The van der Waals surface area contributed by atoms with Crippen LogP contribution in [0.25, 0.3) is 0 Å². The Morgan fingerprint density at radius 2 is 2.20 bits per heavy atom. The highest BCUT2D eigenvalue weighted by Crippen LogP contribution is 2.11. The molecule has 112 valence electrons. The van der Waals surface area contributed by atoms with Gasteiger partial charge in [0.05, 0.1) is 18.0 Å². The quantitative estimate of drug-likeness (QED) is 0.719. The van der Waals surface area contributed by atoms with E-state index in [1.165, 1.54) is 11.3 Å². The van der Waals surface area contributed by atoms with E-state index in [1.54, 1.807) is 0 Å². The molecule has 0 spiro atoms. The molecule has 0 radical (unpaired) electrons. The summed E-state index contributed by atoms with van der Waals surface area (Å²) >= 11 is 7.07. The van der Waals surface area contributed by atoms with Gasteiger partial charge in [-0.2, -0.15) is 0 Å². The third-order valence-corrected chi connectivity index (χ3v) is 3.91. The predicted molar refractivity (Wildman–Crippen MR) is 80.9 cm³/mol. The van der Waals surface area contributed by atoms with Gasteiger partial charge < -0.3 is 10.6 Å². The van der Waals surface area contributed by atoms with Crippen molar-refractivity contribution in [1.82, 2.24) is 15.6 Å². The lowest BCUT2D eigenvalue weighted by molar-refractivity contribution is -0.122. The van der Waals surface area contributed by atoms with Crippen molar-refractivity contribution < 1.29 is 9.59 Å². The van der Waals surface area contributed by atoms with Crippen LogP contribution >= 0.6 is 22.9 Å². The van der Waals surface area contributed by atoms with Gasteiger partial charge in [-0.25, -0.2) is 4.98 Å². The molecule has 0 aliphatic rings. The summed E-state index contributed by atoms with van der Waals surface area (Å²) in [5.74, 6) is 0.184. The molecule has 0 aromatic carbocycles. The van der Waals surface area contributed by atoms with Gasteiger partial charge >= 0.3 is 0 Å². The number of nitrogens with zero attached hydrogens (tertiary/aromatic N) is 1. The Morgan fingerprint density at radius 3 is 2.80 bits per heavy atom. The van der Waals surface area contributed by atoms with Crippen LogP contribution < -0.4 is 10.6 Å². The predicted octanol–water partition coefficient (Wildman–Crippen LogP) is 1.85. The van der Waals surface area contributed by atoms with Gasteiger partial charge in [-0.1, -0.05) is 6.92 Å². The van der Waals surface area contributed by atoms with Crippen molar-refractivity contribution >= 4 is 34.8 Å². The molecule has 0 bridgehead atoms. The number of aromatic nitrogens is 1. The van der Waals surface area contributed by atoms with Crippen LogP contribution in [0.2, 0.25) is 0 Å². The standard InChI is InChI=1S/C13H20ClN3O2S/c1-3-9(2)16-11(18)4-5-15-12(19)6-13-17-10(7-14)8-20-13/h8-9H,3-7H2,1-2H3,(H,15,19)(H,16,18). The number of hydrogen-bond acceptors (Lipinski definition) is 4. The molecule has 20 heavy (non-hydrogen) atoms. The van der Waals surface area contributed by atoms with E-state index in [2.05, 4.69) is 15.6 Å². The van der Waals surface area contributed by atoms with E-state index >= 15 is 0 Å². The summed E-state index contributed by atoms with van der Waals surface area (Å²) in [4.78, 5) is 27.4. The van der Waals surface area contributed by atoms with E-state index in [9.17, 15) is 9.59 Å². The zero-order chi connectivity index (χ0) is 15.0. The maximum atomic E-state index is 11.7. The lowest BCUT2D eigenvalue weighted by Crippen LogP contribution is -2.35. The van der Waals surface area contributed by atoms with Gasteiger partial charge in [0.15, 0.2) is 0 Å². The molecule has 1 rings (SSSR count). The van der Waals surface area contributed by atoms with Gasteiger partial charge in [-0.3, -0.25) is 9.59 Å². The van der Waals surface area contributed by atoms with Crippen molar-refractivity contribution in [2.75, 3.05) is 6.54 Å². The van der Waals surface area contributed by atoms with Gasteiger partial charge in [0.2, 0.25) is 11.8 Å². The van der Waals surface area contributed by atoms with Crippen molar-refractivity contribution in [3.8, 4) is 0 Å². The minimum atomic E-state index is -0.128. The number of halogens is 1. The van der Waals surface area contributed by atoms with Gasteiger partial charge in [0.25, 0.3) is 0 Å². The molecular weight excluding hydrogens is 298 g/mol. The van der Waals surface area contributed by atoms with E-state index in [4.69, 9.17) is 11.6 Å². The smallest absolute Gasteiger partial charge is 0.226 e. The number of amides is 2. The first kappa shape index (κ1) is 16.9. The summed E-state index contributed by atoms with van der Waals surface area (Å²) in [6.07, 6.45) is 1.42. The Morgan fingerprint density at radius 1 is 1.45 bits per heavy atom. The maximum absolute atomic E-state index is 11.7. The molecule has 2 N–H and O–H groups in total. The van der Waals surface area contributed by atoms with E-state index < -0.39 is 0 Å². The van der Waals surface area contributed by atoms with E-state index in [0.717, 1.165) is 17.1 Å². The van der Waals surface area contributed by atoms with Gasteiger partial charge in [0.1, 0.15) is 5.01 Å². The van der Waals surface area contributed by atoms with Crippen LogP contribution in [0.4, 0.5) is 0 Å². The molecule has 1 unspecified atom stereocenters. The normalized spacial score (nSPS) is 11.9. The minimum absolute atomic E-state index is 0.0432. The number of rotatable bonds is 8. The molecule has 1 aromatic heterocycles. The average molecular weight is 318 g/mol. The molecule has 2 amide bonds. The molecule has 5 nitrogen and oxygen atoms in total. The molecule has 7 heteroatoms.